The predicted octanol–water partition coefficient (Wildman–Crippen LogP) is 3.78. The maximum atomic E-state index is 12.9. The van der Waals surface area contributed by atoms with E-state index in [4.69, 9.17) is 9.72 Å². The molecule has 0 saturated heterocycles. The van der Waals surface area contributed by atoms with Gasteiger partial charge in [0.25, 0.3) is 0 Å². The molecule has 0 amide bonds. The summed E-state index contributed by atoms with van der Waals surface area (Å²) in [6.07, 6.45) is 6.38. The van der Waals surface area contributed by atoms with Crippen LogP contribution in [0.3, 0.4) is 0 Å². The van der Waals surface area contributed by atoms with Crippen molar-refractivity contribution in [2.24, 2.45) is 0 Å². The Bertz CT molecular complexity index is 812. The fraction of sp³-hybridized carbons (Fsp3) is 0.450. The lowest BCUT2D eigenvalue weighted by Gasteiger charge is -2.23. The van der Waals surface area contributed by atoms with Gasteiger partial charge in [-0.05, 0) is 56.6 Å². The average Bonchev–Trinajstić information content (AvgIpc) is 2.61. The van der Waals surface area contributed by atoms with Gasteiger partial charge in [-0.15, -0.1) is 0 Å². The number of hydrogen-bond acceptors (Lipinski definition) is 4. The highest BCUT2D eigenvalue weighted by molar-refractivity contribution is 6.06. The number of carbonyl (C=O) groups is 2. The van der Waals surface area contributed by atoms with Crippen LogP contribution in [0.2, 0.25) is 0 Å². The molecule has 0 aliphatic heterocycles. The summed E-state index contributed by atoms with van der Waals surface area (Å²) in [6.45, 7) is 0. The van der Waals surface area contributed by atoms with Crippen LogP contribution in [-0.2, 0) is 22.4 Å². The lowest BCUT2D eigenvalue weighted by molar-refractivity contribution is -0.129. The highest BCUT2D eigenvalue weighted by Crippen LogP contribution is 2.30. The number of aryl methyl sites for hydroxylation is 1. The van der Waals surface area contributed by atoms with Crippen LogP contribution in [0.4, 0.5) is 0 Å². The number of ether oxygens (including phenoxy) is 1. The van der Waals surface area contributed by atoms with Crippen molar-refractivity contribution in [3.63, 3.8) is 0 Å². The van der Waals surface area contributed by atoms with Gasteiger partial charge < -0.3 is 4.74 Å². The molecule has 4 heteroatoms. The lowest BCUT2D eigenvalue weighted by atomic mass is 9.89. The normalized spacial score (nSPS) is 20.7. The monoisotopic (exact) mass is 323 g/mol. The molecule has 1 unspecified atom stereocenters. The van der Waals surface area contributed by atoms with Gasteiger partial charge in [-0.25, -0.2) is 4.79 Å². The molecule has 0 radical (unpaired) electrons. The second kappa shape index (κ2) is 6.34. The zero-order chi connectivity index (χ0) is 16.5. The molecular weight excluding hydrogens is 302 g/mol. The second-order valence-electron chi connectivity index (χ2n) is 6.74. The molecule has 1 aromatic carbocycles. The summed E-state index contributed by atoms with van der Waals surface area (Å²) in [5.74, 6) is -0.297. The fourth-order valence-corrected chi connectivity index (χ4v) is 3.87. The van der Waals surface area contributed by atoms with E-state index in [1.54, 1.807) is 0 Å². The summed E-state index contributed by atoms with van der Waals surface area (Å²) in [4.78, 5) is 29.7. The van der Waals surface area contributed by atoms with E-state index in [2.05, 4.69) is 0 Å². The molecule has 2 aliphatic rings. The third-order valence-electron chi connectivity index (χ3n) is 5.12. The molecule has 4 rings (SSSR count). The fourth-order valence-electron chi connectivity index (χ4n) is 3.87. The molecule has 1 heterocycles. The molecule has 124 valence electrons. The summed E-state index contributed by atoms with van der Waals surface area (Å²) >= 11 is 0. The number of carbonyl (C=O) groups excluding carboxylic acids is 2. The summed E-state index contributed by atoms with van der Waals surface area (Å²) in [5, 5.41) is 0.839. The Kier molecular flexibility index (Phi) is 4.05. The minimum atomic E-state index is -0.572. The van der Waals surface area contributed by atoms with Crippen LogP contribution in [0.15, 0.2) is 24.3 Å². The number of ketones is 1. The van der Waals surface area contributed by atoms with Crippen molar-refractivity contribution in [3.05, 3.63) is 41.1 Å². The Morgan fingerprint density at radius 2 is 1.83 bits per heavy atom. The Morgan fingerprint density at radius 1 is 1.04 bits per heavy atom. The second-order valence-corrected chi connectivity index (χ2v) is 6.74. The molecule has 4 nitrogen and oxygen atoms in total. The third kappa shape index (κ3) is 2.70. The first kappa shape index (κ1) is 15.3. The van der Waals surface area contributed by atoms with Crippen molar-refractivity contribution >= 4 is 22.7 Å². The van der Waals surface area contributed by atoms with Crippen molar-refractivity contribution < 1.29 is 14.3 Å². The number of fused-ring (bicyclic) bond motifs is 2. The first-order valence-corrected chi connectivity index (χ1v) is 8.88. The van der Waals surface area contributed by atoms with Gasteiger partial charge in [0.1, 0.15) is 0 Å². The molecule has 2 aliphatic carbocycles. The van der Waals surface area contributed by atoms with E-state index in [0.717, 1.165) is 60.7 Å². The number of rotatable bonds is 2. The van der Waals surface area contributed by atoms with Crippen LogP contribution in [0.5, 0.6) is 0 Å². The Morgan fingerprint density at radius 3 is 2.71 bits per heavy atom. The van der Waals surface area contributed by atoms with Crippen molar-refractivity contribution in [1.29, 1.82) is 0 Å². The largest absolute Gasteiger partial charge is 0.451 e. The van der Waals surface area contributed by atoms with E-state index < -0.39 is 6.10 Å². The van der Waals surface area contributed by atoms with E-state index in [9.17, 15) is 9.59 Å². The Balaban J connectivity index is 1.76. The lowest BCUT2D eigenvalue weighted by Crippen LogP contribution is -2.30. The maximum absolute atomic E-state index is 12.9. The first-order valence-electron chi connectivity index (χ1n) is 8.88. The SMILES string of the molecule is O=C(OC1CCCCC1=O)c1c2c(nc3ccccc13)CCCC2. The number of hydrogen-bond donors (Lipinski definition) is 0. The molecule has 2 aromatic rings. The summed E-state index contributed by atoms with van der Waals surface area (Å²) < 4.78 is 5.65. The van der Waals surface area contributed by atoms with E-state index in [-0.39, 0.29) is 11.8 Å². The average molecular weight is 323 g/mol. The number of aromatic nitrogens is 1. The van der Waals surface area contributed by atoms with Crippen molar-refractivity contribution in [1.82, 2.24) is 4.98 Å². The van der Waals surface area contributed by atoms with Crippen LogP contribution < -0.4 is 0 Å². The van der Waals surface area contributed by atoms with E-state index >= 15 is 0 Å². The number of esters is 1. The van der Waals surface area contributed by atoms with Crippen molar-refractivity contribution in [2.75, 3.05) is 0 Å². The van der Waals surface area contributed by atoms with Crippen LogP contribution in [-0.4, -0.2) is 22.8 Å². The molecule has 24 heavy (non-hydrogen) atoms. The molecule has 0 N–H and O–H groups in total. The summed E-state index contributed by atoms with van der Waals surface area (Å²) in [7, 11) is 0. The molecule has 0 spiro atoms. The highest BCUT2D eigenvalue weighted by Gasteiger charge is 2.29. The number of para-hydroxylation sites is 1. The number of pyridine rings is 1. The zero-order valence-corrected chi connectivity index (χ0v) is 13.7. The summed E-state index contributed by atoms with van der Waals surface area (Å²) in [6, 6.07) is 7.72. The van der Waals surface area contributed by atoms with Gasteiger partial charge in [0.05, 0.1) is 11.1 Å². The van der Waals surface area contributed by atoms with Crippen LogP contribution in [0.25, 0.3) is 10.9 Å². The predicted molar refractivity (Wildman–Crippen MR) is 91.1 cm³/mol. The van der Waals surface area contributed by atoms with E-state index in [1.807, 2.05) is 24.3 Å². The quantitative estimate of drug-likeness (QED) is 0.789. The number of Topliss-reactive ketones (excluding diaryl/α,β-unsaturated/α-hetero) is 1. The molecule has 1 atom stereocenters. The minimum absolute atomic E-state index is 0.0572. The van der Waals surface area contributed by atoms with Gasteiger partial charge in [-0.1, -0.05) is 18.2 Å². The van der Waals surface area contributed by atoms with Crippen molar-refractivity contribution in [2.45, 2.75) is 57.5 Å². The van der Waals surface area contributed by atoms with E-state index in [1.165, 1.54) is 0 Å². The third-order valence-corrected chi connectivity index (χ3v) is 5.12. The van der Waals surface area contributed by atoms with Crippen LogP contribution in [0.1, 0.15) is 60.1 Å². The highest BCUT2D eigenvalue weighted by atomic mass is 16.5. The van der Waals surface area contributed by atoms with E-state index in [0.29, 0.717) is 18.4 Å². The molecule has 1 saturated carbocycles. The van der Waals surface area contributed by atoms with Gasteiger partial charge in [-0.2, -0.15) is 0 Å². The van der Waals surface area contributed by atoms with Gasteiger partial charge in [-0.3, -0.25) is 9.78 Å². The zero-order valence-electron chi connectivity index (χ0n) is 13.7. The first-order chi connectivity index (χ1) is 11.7. The Hall–Kier alpha value is -2.23. The van der Waals surface area contributed by atoms with Crippen LogP contribution >= 0.6 is 0 Å². The van der Waals surface area contributed by atoms with Gasteiger partial charge in [0.2, 0.25) is 0 Å². The van der Waals surface area contributed by atoms with Crippen molar-refractivity contribution in [3.8, 4) is 0 Å². The number of benzene rings is 1. The van der Waals surface area contributed by atoms with Crippen LogP contribution in [0, 0.1) is 0 Å². The minimum Gasteiger partial charge on any atom is -0.451 e. The van der Waals surface area contributed by atoms with Gasteiger partial charge in [0.15, 0.2) is 11.9 Å². The Labute approximate surface area is 141 Å². The molecule has 1 fully saturated rings. The standard InChI is InChI=1S/C20H21NO3/c22-17-11-5-6-12-18(17)24-20(23)19-13-7-1-3-9-15(13)21-16-10-4-2-8-14(16)19/h1,3,7,9,18H,2,4-6,8,10-12H2. The van der Waals surface area contributed by atoms with Gasteiger partial charge in [0, 0.05) is 17.5 Å². The molecule has 1 aromatic heterocycles. The van der Waals surface area contributed by atoms with Gasteiger partial charge >= 0.3 is 5.97 Å². The number of nitrogens with zero attached hydrogens (tertiary/aromatic N) is 1. The molecule has 0 bridgehead atoms. The molecular formula is C20H21NO3. The smallest absolute Gasteiger partial charge is 0.339 e. The topological polar surface area (TPSA) is 56.3 Å². The summed E-state index contributed by atoms with van der Waals surface area (Å²) in [5.41, 5.74) is 3.50. The maximum Gasteiger partial charge on any atom is 0.339 e.